The van der Waals surface area contributed by atoms with E-state index in [0.29, 0.717) is 12.3 Å². The summed E-state index contributed by atoms with van der Waals surface area (Å²) in [7, 11) is 0. The highest BCUT2D eigenvalue weighted by atomic mass is 32.1. The molecule has 1 aromatic heterocycles. The van der Waals surface area contributed by atoms with Crippen molar-refractivity contribution in [2.75, 3.05) is 26.2 Å². The SMILES string of the molecule is O=C(COc1ccc([N+](=O)[O-])cc1)NC[C@@H](c1cccs1)N1CCCC1. The summed E-state index contributed by atoms with van der Waals surface area (Å²) >= 11 is 1.70. The highest BCUT2D eigenvalue weighted by Crippen LogP contribution is 2.27. The van der Waals surface area contributed by atoms with Crippen molar-refractivity contribution in [2.45, 2.75) is 18.9 Å². The molecule has 0 radical (unpaired) electrons. The van der Waals surface area contributed by atoms with Crippen LogP contribution in [0.4, 0.5) is 5.69 Å². The maximum absolute atomic E-state index is 12.1. The second-order valence-electron chi connectivity index (χ2n) is 6.12. The molecule has 138 valence electrons. The number of hydrogen-bond donors (Lipinski definition) is 1. The van der Waals surface area contributed by atoms with Gasteiger partial charge in [-0.2, -0.15) is 0 Å². The second-order valence-corrected chi connectivity index (χ2v) is 7.10. The molecule has 0 saturated carbocycles. The monoisotopic (exact) mass is 375 g/mol. The molecule has 0 aliphatic carbocycles. The van der Waals surface area contributed by atoms with Gasteiger partial charge in [-0.15, -0.1) is 11.3 Å². The van der Waals surface area contributed by atoms with Crippen LogP contribution in [0.25, 0.3) is 0 Å². The first-order valence-corrected chi connectivity index (χ1v) is 9.43. The number of amides is 1. The van der Waals surface area contributed by atoms with Crippen molar-refractivity contribution in [3.05, 3.63) is 56.8 Å². The van der Waals surface area contributed by atoms with E-state index in [4.69, 9.17) is 4.74 Å². The van der Waals surface area contributed by atoms with E-state index in [1.807, 2.05) is 6.07 Å². The number of ether oxygens (including phenoxy) is 1. The van der Waals surface area contributed by atoms with Crippen LogP contribution in [0.5, 0.6) is 5.75 Å². The molecule has 1 aliphatic heterocycles. The van der Waals surface area contributed by atoms with Crippen LogP contribution in [0.15, 0.2) is 41.8 Å². The fourth-order valence-electron chi connectivity index (χ4n) is 3.02. The molecule has 1 aliphatic rings. The predicted octanol–water partition coefficient (Wildman–Crippen LogP) is 2.99. The highest BCUT2D eigenvalue weighted by Gasteiger charge is 2.24. The Bertz CT molecular complexity index is 727. The molecule has 1 aromatic carbocycles. The van der Waals surface area contributed by atoms with Crippen molar-refractivity contribution < 1.29 is 14.5 Å². The molecule has 1 saturated heterocycles. The van der Waals surface area contributed by atoms with Gasteiger partial charge in [0, 0.05) is 23.6 Å². The summed E-state index contributed by atoms with van der Waals surface area (Å²) in [5, 5.41) is 15.6. The van der Waals surface area contributed by atoms with Gasteiger partial charge in [-0.1, -0.05) is 6.07 Å². The second kappa shape index (κ2) is 8.77. The summed E-state index contributed by atoms with van der Waals surface area (Å²) in [6.45, 7) is 2.54. The fraction of sp³-hybridized carbons (Fsp3) is 0.389. The summed E-state index contributed by atoms with van der Waals surface area (Å²) in [6, 6.07) is 10.0. The van der Waals surface area contributed by atoms with Crippen molar-refractivity contribution in [2.24, 2.45) is 0 Å². The largest absolute Gasteiger partial charge is 0.484 e. The molecule has 0 unspecified atom stereocenters. The van der Waals surface area contributed by atoms with E-state index < -0.39 is 4.92 Å². The van der Waals surface area contributed by atoms with Crippen molar-refractivity contribution in [1.29, 1.82) is 0 Å². The molecule has 1 atom stereocenters. The van der Waals surface area contributed by atoms with Gasteiger partial charge in [0.2, 0.25) is 0 Å². The Morgan fingerprint density at radius 2 is 2.00 bits per heavy atom. The van der Waals surface area contributed by atoms with E-state index in [0.717, 1.165) is 13.1 Å². The number of benzene rings is 1. The number of nitrogens with zero attached hydrogens (tertiary/aromatic N) is 2. The lowest BCUT2D eigenvalue weighted by molar-refractivity contribution is -0.384. The van der Waals surface area contributed by atoms with Crippen LogP contribution in [0.1, 0.15) is 23.8 Å². The molecule has 1 fully saturated rings. The van der Waals surface area contributed by atoms with Crippen molar-refractivity contribution in [3.63, 3.8) is 0 Å². The number of nitrogens with one attached hydrogen (secondary N) is 1. The summed E-state index contributed by atoms with van der Waals surface area (Å²) in [6.07, 6.45) is 2.39. The number of thiophene rings is 1. The van der Waals surface area contributed by atoms with Crippen molar-refractivity contribution in [1.82, 2.24) is 10.2 Å². The Kier molecular flexibility index (Phi) is 6.19. The van der Waals surface area contributed by atoms with Gasteiger partial charge in [0.1, 0.15) is 5.75 Å². The number of hydrogen-bond acceptors (Lipinski definition) is 6. The number of carbonyl (C=O) groups excluding carboxylic acids is 1. The summed E-state index contributed by atoms with van der Waals surface area (Å²) < 4.78 is 5.41. The quantitative estimate of drug-likeness (QED) is 0.566. The lowest BCUT2D eigenvalue weighted by Crippen LogP contribution is -2.38. The zero-order chi connectivity index (χ0) is 18.4. The maximum atomic E-state index is 12.1. The van der Waals surface area contributed by atoms with Crippen molar-refractivity contribution >= 4 is 22.9 Å². The first-order valence-electron chi connectivity index (χ1n) is 8.55. The third-order valence-corrected chi connectivity index (χ3v) is 5.34. The van der Waals surface area contributed by atoms with Crippen LogP contribution in [-0.4, -0.2) is 42.0 Å². The van der Waals surface area contributed by atoms with Crippen LogP contribution >= 0.6 is 11.3 Å². The molecular weight excluding hydrogens is 354 g/mol. The number of non-ortho nitro benzene ring substituents is 1. The topological polar surface area (TPSA) is 84.7 Å². The van der Waals surface area contributed by atoms with Crippen LogP contribution in [0.2, 0.25) is 0 Å². The predicted molar refractivity (Wildman–Crippen MR) is 99.5 cm³/mol. The molecule has 1 amide bonds. The molecular formula is C18H21N3O4S. The van der Waals surface area contributed by atoms with E-state index in [1.165, 1.54) is 42.0 Å². The molecule has 8 heteroatoms. The first kappa shape index (κ1) is 18.3. The minimum Gasteiger partial charge on any atom is -0.484 e. The lowest BCUT2D eigenvalue weighted by atomic mass is 10.2. The minimum atomic E-state index is -0.473. The van der Waals surface area contributed by atoms with Crippen LogP contribution in [0, 0.1) is 10.1 Å². The highest BCUT2D eigenvalue weighted by molar-refractivity contribution is 7.10. The number of rotatable bonds is 8. The van der Waals surface area contributed by atoms with Gasteiger partial charge in [0.15, 0.2) is 6.61 Å². The zero-order valence-electron chi connectivity index (χ0n) is 14.3. The van der Waals surface area contributed by atoms with Gasteiger partial charge >= 0.3 is 0 Å². The number of likely N-dealkylation sites (tertiary alicyclic amines) is 1. The molecule has 7 nitrogen and oxygen atoms in total. The summed E-state index contributed by atoms with van der Waals surface area (Å²) in [5.74, 6) is 0.226. The molecule has 0 bridgehead atoms. The van der Waals surface area contributed by atoms with Gasteiger partial charge in [-0.3, -0.25) is 19.8 Å². The summed E-state index contributed by atoms with van der Waals surface area (Å²) in [4.78, 5) is 25.9. The first-order chi connectivity index (χ1) is 12.6. The average Bonchev–Trinajstić information content (AvgIpc) is 3.35. The molecule has 26 heavy (non-hydrogen) atoms. The van der Waals surface area contributed by atoms with E-state index in [9.17, 15) is 14.9 Å². The fourth-order valence-corrected chi connectivity index (χ4v) is 3.88. The van der Waals surface area contributed by atoms with Gasteiger partial charge in [-0.25, -0.2) is 0 Å². The van der Waals surface area contributed by atoms with E-state index in [-0.39, 0.29) is 24.2 Å². The molecule has 3 rings (SSSR count). The lowest BCUT2D eigenvalue weighted by Gasteiger charge is -2.26. The Balaban J connectivity index is 1.49. The Hall–Kier alpha value is -2.45. The number of nitro benzene ring substituents is 1. The summed E-state index contributed by atoms with van der Waals surface area (Å²) in [5.41, 5.74) is -0.00814. The number of nitro groups is 1. The Morgan fingerprint density at radius 3 is 2.62 bits per heavy atom. The molecule has 0 spiro atoms. The number of carbonyl (C=O) groups is 1. The smallest absolute Gasteiger partial charge is 0.269 e. The van der Waals surface area contributed by atoms with Gasteiger partial charge in [0.25, 0.3) is 11.6 Å². The third-order valence-electron chi connectivity index (χ3n) is 4.36. The van der Waals surface area contributed by atoms with E-state index in [1.54, 1.807) is 11.3 Å². The average molecular weight is 375 g/mol. The molecule has 2 heterocycles. The standard InChI is InChI=1S/C18H21N3O4S/c22-18(13-25-15-7-5-14(6-8-15)21(23)24)19-12-16(17-4-3-11-26-17)20-9-1-2-10-20/h3-8,11,16H,1-2,9-10,12-13H2,(H,19,22)/t16-/m0/s1. The molecule has 2 aromatic rings. The third kappa shape index (κ3) is 4.80. The van der Waals surface area contributed by atoms with E-state index >= 15 is 0 Å². The maximum Gasteiger partial charge on any atom is 0.269 e. The van der Waals surface area contributed by atoms with Gasteiger partial charge < -0.3 is 10.1 Å². The van der Waals surface area contributed by atoms with Crippen molar-refractivity contribution in [3.8, 4) is 5.75 Å². The van der Waals surface area contributed by atoms with Crippen LogP contribution in [0.3, 0.4) is 0 Å². The minimum absolute atomic E-state index is 0.00814. The molecule has 1 N–H and O–H groups in total. The zero-order valence-corrected chi connectivity index (χ0v) is 15.1. The van der Waals surface area contributed by atoms with Gasteiger partial charge in [-0.05, 0) is 49.5 Å². The van der Waals surface area contributed by atoms with Gasteiger partial charge in [0.05, 0.1) is 11.0 Å². The van der Waals surface area contributed by atoms with E-state index in [2.05, 4.69) is 21.7 Å². The van der Waals surface area contributed by atoms with Crippen LogP contribution in [-0.2, 0) is 4.79 Å². The Labute approximate surface area is 155 Å². The van der Waals surface area contributed by atoms with Crippen LogP contribution < -0.4 is 10.1 Å². The Morgan fingerprint density at radius 1 is 1.27 bits per heavy atom. The normalized spacial score (nSPS) is 15.5.